The molecule has 0 aliphatic carbocycles. The van der Waals surface area contributed by atoms with Gasteiger partial charge in [-0.15, -0.1) is 0 Å². The van der Waals surface area contributed by atoms with Gasteiger partial charge in [-0.25, -0.2) is 0 Å². The van der Waals surface area contributed by atoms with Crippen molar-refractivity contribution in [1.82, 2.24) is 5.32 Å². The number of nitrogens with one attached hydrogen (secondary N) is 3. The number of aliphatic imine (C=N–C) groups is 1. The van der Waals surface area contributed by atoms with E-state index in [1.54, 1.807) is 0 Å². The fourth-order valence-corrected chi connectivity index (χ4v) is 2.55. The first-order chi connectivity index (χ1) is 10.8. The van der Waals surface area contributed by atoms with Crippen molar-refractivity contribution < 1.29 is 4.79 Å². The van der Waals surface area contributed by atoms with E-state index in [-0.39, 0.29) is 0 Å². The predicted molar refractivity (Wildman–Crippen MR) is 90.3 cm³/mol. The molecule has 0 radical (unpaired) electrons. The molecule has 0 fully saturated rings. The molecule has 0 saturated heterocycles. The Kier molecular flexibility index (Phi) is 4.25. The maximum absolute atomic E-state index is 10.9. The van der Waals surface area contributed by atoms with E-state index < -0.39 is 0 Å². The number of hydrogen-bond acceptors (Lipinski definition) is 4. The SMILES string of the molecule is O=CNc1cccc(C2=NCCN2)c1Nc1cccc(Cl)c1. The Morgan fingerprint density at radius 3 is 2.82 bits per heavy atom. The second kappa shape index (κ2) is 6.49. The van der Waals surface area contributed by atoms with Gasteiger partial charge >= 0.3 is 0 Å². The maximum atomic E-state index is 10.9. The summed E-state index contributed by atoms with van der Waals surface area (Å²) in [6.45, 7) is 1.56. The third-order valence-corrected chi connectivity index (χ3v) is 3.54. The van der Waals surface area contributed by atoms with Crippen LogP contribution in [-0.4, -0.2) is 25.3 Å². The van der Waals surface area contributed by atoms with E-state index in [1.165, 1.54) is 0 Å². The number of rotatable bonds is 5. The molecule has 1 aliphatic heterocycles. The number of amidine groups is 1. The van der Waals surface area contributed by atoms with Crippen LogP contribution in [0.15, 0.2) is 47.5 Å². The van der Waals surface area contributed by atoms with Crippen LogP contribution in [-0.2, 0) is 4.79 Å². The molecule has 3 rings (SSSR count). The van der Waals surface area contributed by atoms with Crippen molar-refractivity contribution in [3.63, 3.8) is 0 Å². The average Bonchev–Trinajstić information content (AvgIpc) is 3.03. The van der Waals surface area contributed by atoms with Crippen molar-refractivity contribution in [2.24, 2.45) is 4.99 Å². The summed E-state index contributed by atoms with van der Waals surface area (Å²) in [4.78, 5) is 15.3. The summed E-state index contributed by atoms with van der Waals surface area (Å²) in [5.41, 5.74) is 3.21. The van der Waals surface area contributed by atoms with Gasteiger partial charge in [0.2, 0.25) is 6.41 Å². The van der Waals surface area contributed by atoms with Crippen LogP contribution in [0, 0.1) is 0 Å². The van der Waals surface area contributed by atoms with E-state index in [4.69, 9.17) is 11.6 Å². The van der Waals surface area contributed by atoms with Crippen LogP contribution in [0.3, 0.4) is 0 Å². The lowest BCUT2D eigenvalue weighted by atomic mass is 10.1. The Morgan fingerprint density at radius 1 is 1.23 bits per heavy atom. The highest BCUT2D eigenvalue weighted by Crippen LogP contribution is 2.30. The number of para-hydroxylation sites is 1. The van der Waals surface area contributed by atoms with E-state index >= 15 is 0 Å². The van der Waals surface area contributed by atoms with Gasteiger partial charge in [0.25, 0.3) is 0 Å². The molecule has 3 N–H and O–H groups in total. The molecule has 0 unspecified atom stereocenters. The molecular formula is C16H15ClN4O. The molecule has 0 bridgehead atoms. The average molecular weight is 315 g/mol. The lowest BCUT2D eigenvalue weighted by Gasteiger charge is -2.16. The van der Waals surface area contributed by atoms with E-state index in [1.807, 2.05) is 42.5 Å². The normalized spacial score (nSPS) is 13.2. The fraction of sp³-hybridized carbons (Fsp3) is 0.125. The van der Waals surface area contributed by atoms with Crippen molar-refractivity contribution in [2.75, 3.05) is 23.7 Å². The highest BCUT2D eigenvalue weighted by atomic mass is 35.5. The minimum absolute atomic E-state index is 0.642. The largest absolute Gasteiger partial charge is 0.368 e. The Morgan fingerprint density at radius 2 is 2.09 bits per heavy atom. The summed E-state index contributed by atoms with van der Waals surface area (Å²) in [6, 6.07) is 13.1. The van der Waals surface area contributed by atoms with Gasteiger partial charge in [0.05, 0.1) is 17.9 Å². The quantitative estimate of drug-likeness (QED) is 0.743. The standard InChI is InChI=1S/C16H15ClN4O/c17-11-3-1-4-12(9-11)21-15-13(16-18-7-8-19-16)5-2-6-14(15)20-10-22/h1-6,9-10,21H,7-8H2,(H,18,19)(H,20,22). The van der Waals surface area contributed by atoms with Crippen molar-refractivity contribution in [2.45, 2.75) is 0 Å². The molecule has 2 aromatic rings. The molecule has 2 aromatic carbocycles. The monoisotopic (exact) mass is 314 g/mol. The fourth-order valence-electron chi connectivity index (χ4n) is 2.36. The molecule has 1 heterocycles. The number of amides is 1. The number of halogens is 1. The second-order valence-electron chi connectivity index (χ2n) is 4.78. The maximum Gasteiger partial charge on any atom is 0.211 e. The minimum Gasteiger partial charge on any atom is -0.368 e. The number of anilines is 3. The topological polar surface area (TPSA) is 65.5 Å². The molecule has 22 heavy (non-hydrogen) atoms. The number of nitrogens with zero attached hydrogens (tertiary/aromatic N) is 1. The van der Waals surface area contributed by atoms with Crippen molar-refractivity contribution in [1.29, 1.82) is 0 Å². The lowest BCUT2D eigenvalue weighted by molar-refractivity contribution is -0.105. The van der Waals surface area contributed by atoms with Crippen LogP contribution >= 0.6 is 11.6 Å². The van der Waals surface area contributed by atoms with E-state index in [9.17, 15) is 4.79 Å². The van der Waals surface area contributed by atoms with Crippen LogP contribution in [0.5, 0.6) is 0 Å². The molecule has 0 aromatic heterocycles. The summed E-state index contributed by atoms with van der Waals surface area (Å²) < 4.78 is 0. The molecule has 1 amide bonds. The molecule has 0 spiro atoms. The van der Waals surface area contributed by atoms with Crippen molar-refractivity contribution in [3.8, 4) is 0 Å². The smallest absolute Gasteiger partial charge is 0.211 e. The third kappa shape index (κ3) is 3.04. The Hall–Kier alpha value is -2.53. The predicted octanol–water partition coefficient (Wildman–Crippen LogP) is 3.00. The van der Waals surface area contributed by atoms with Crippen LogP contribution in [0.1, 0.15) is 5.56 Å². The van der Waals surface area contributed by atoms with Gasteiger partial charge in [0.1, 0.15) is 5.84 Å². The van der Waals surface area contributed by atoms with Gasteiger partial charge in [-0.1, -0.05) is 23.7 Å². The van der Waals surface area contributed by atoms with Crippen LogP contribution in [0.25, 0.3) is 0 Å². The first-order valence-corrected chi connectivity index (χ1v) is 7.30. The highest BCUT2D eigenvalue weighted by molar-refractivity contribution is 6.30. The molecular weight excluding hydrogens is 300 g/mol. The van der Waals surface area contributed by atoms with Gasteiger partial charge in [-0.3, -0.25) is 9.79 Å². The highest BCUT2D eigenvalue weighted by Gasteiger charge is 2.16. The molecule has 112 valence electrons. The number of carbonyl (C=O) groups is 1. The van der Waals surface area contributed by atoms with Crippen LogP contribution < -0.4 is 16.0 Å². The van der Waals surface area contributed by atoms with E-state index in [2.05, 4.69) is 20.9 Å². The van der Waals surface area contributed by atoms with Crippen LogP contribution in [0.2, 0.25) is 5.02 Å². The zero-order valence-corrected chi connectivity index (χ0v) is 12.5. The summed E-state index contributed by atoms with van der Waals surface area (Å²) >= 11 is 6.03. The van der Waals surface area contributed by atoms with Gasteiger partial charge in [-0.05, 0) is 30.3 Å². The molecule has 5 nitrogen and oxygen atoms in total. The van der Waals surface area contributed by atoms with E-state index in [0.29, 0.717) is 17.1 Å². The second-order valence-corrected chi connectivity index (χ2v) is 5.22. The number of hydrogen-bond donors (Lipinski definition) is 3. The Bertz CT molecular complexity index is 730. The molecule has 0 saturated carbocycles. The lowest BCUT2D eigenvalue weighted by Crippen LogP contribution is -2.21. The minimum atomic E-state index is 0.642. The summed E-state index contributed by atoms with van der Waals surface area (Å²) in [7, 11) is 0. The Balaban J connectivity index is 2.04. The van der Waals surface area contributed by atoms with Gasteiger partial charge in [0, 0.05) is 22.8 Å². The third-order valence-electron chi connectivity index (χ3n) is 3.30. The zero-order valence-electron chi connectivity index (χ0n) is 11.8. The summed E-state index contributed by atoms with van der Waals surface area (Å²) in [5.74, 6) is 0.819. The molecule has 0 atom stereocenters. The van der Waals surface area contributed by atoms with Crippen molar-refractivity contribution in [3.05, 3.63) is 53.1 Å². The van der Waals surface area contributed by atoms with Gasteiger partial charge < -0.3 is 16.0 Å². The number of benzene rings is 2. The van der Waals surface area contributed by atoms with Crippen LogP contribution in [0.4, 0.5) is 17.1 Å². The first-order valence-electron chi connectivity index (χ1n) is 6.92. The number of carbonyl (C=O) groups excluding carboxylic acids is 1. The zero-order chi connectivity index (χ0) is 15.4. The van der Waals surface area contributed by atoms with E-state index in [0.717, 1.165) is 35.9 Å². The van der Waals surface area contributed by atoms with Gasteiger partial charge in [0.15, 0.2) is 0 Å². The first kappa shape index (κ1) is 14.4. The Labute approximate surface area is 133 Å². The summed E-state index contributed by atoms with van der Waals surface area (Å²) in [6.07, 6.45) is 0.659. The summed E-state index contributed by atoms with van der Waals surface area (Å²) in [5, 5.41) is 9.92. The molecule has 6 heteroatoms. The van der Waals surface area contributed by atoms with Crippen molar-refractivity contribution >= 4 is 40.9 Å². The van der Waals surface area contributed by atoms with Gasteiger partial charge in [-0.2, -0.15) is 0 Å². The molecule has 1 aliphatic rings.